The maximum absolute atomic E-state index is 10.6. The molecule has 0 atom stereocenters. The normalized spacial score (nSPS) is 10.3. The van der Waals surface area contributed by atoms with Gasteiger partial charge in [-0.1, -0.05) is 6.92 Å². The van der Waals surface area contributed by atoms with E-state index in [4.69, 9.17) is 5.26 Å². The third-order valence-electron chi connectivity index (χ3n) is 0.939. The molecule has 0 aromatic heterocycles. The van der Waals surface area contributed by atoms with Crippen LogP contribution in [0, 0.1) is 11.3 Å². The summed E-state index contributed by atoms with van der Waals surface area (Å²) >= 11 is 0. The standard InChI is InChI=1S/C7H10N2O/c1-3-7(10)9-6(2)4-5-8/h4H,3H2,1-2H3,(H,9,10)/b6-4-. The zero-order valence-electron chi connectivity index (χ0n) is 6.14. The van der Waals surface area contributed by atoms with Gasteiger partial charge in [0.1, 0.15) is 0 Å². The molecule has 0 aliphatic carbocycles. The first-order valence-corrected chi connectivity index (χ1v) is 3.07. The molecule has 0 unspecified atom stereocenters. The van der Waals surface area contributed by atoms with Crippen LogP contribution < -0.4 is 5.32 Å². The van der Waals surface area contributed by atoms with Crippen LogP contribution in [0.5, 0.6) is 0 Å². The quantitative estimate of drug-likeness (QED) is 0.577. The first-order chi connectivity index (χ1) is 4.70. The number of hydrogen-bond donors (Lipinski definition) is 1. The van der Waals surface area contributed by atoms with Crippen LogP contribution in [0.15, 0.2) is 11.8 Å². The summed E-state index contributed by atoms with van der Waals surface area (Å²) < 4.78 is 0. The number of nitrogens with zero attached hydrogens (tertiary/aromatic N) is 1. The lowest BCUT2D eigenvalue weighted by Gasteiger charge is -1.99. The van der Waals surface area contributed by atoms with E-state index in [0.717, 1.165) is 0 Å². The number of allylic oxidation sites excluding steroid dienone is 2. The highest BCUT2D eigenvalue weighted by molar-refractivity contribution is 5.77. The molecule has 0 aromatic rings. The molecular formula is C7H10N2O. The number of carbonyl (C=O) groups excluding carboxylic acids is 1. The largest absolute Gasteiger partial charge is 0.329 e. The maximum Gasteiger partial charge on any atom is 0.223 e. The summed E-state index contributed by atoms with van der Waals surface area (Å²) in [6.07, 6.45) is 1.74. The third kappa shape index (κ3) is 3.67. The van der Waals surface area contributed by atoms with E-state index in [1.165, 1.54) is 6.08 Å². The highest BCUT2D eigenvalue weighted by atomic mass is 16.1. The number of nitrogens with one attached hydrogen (secondary N) is 1. The third-order valence-corrected chi connectivity index (χ3v) is 0.939. The smallest absolute Gasteiger partial charge is 0.223 e. The highest BCUT2D eigenvalue weighted by Gasteiger charge is 1.94. The van der Waals surface area contributed by atoms with E-state index in [0.29, 0.717) is 12.1 Å². The van der Waals surface area contributed by atoms with Crippen LogP contribution in [0.3, 0.4) is 0 Å². The zero-order valence-corrected chi connectivity index (χ0v) is 6.14. The maximum atomic E-state index is 10.6. The van der Waals surface area contributed by atoms with Crippen molar-refractivity contribution in [1.82, 2.24) is 5.32 Å². The van der Waals surface area contributed by atoms with Gasteiger partial charge in [-0.25, -0.2) is 0 Å². The predicted octanol–water partition coefficient (Wildman–Crippen LogP) is 0.940. The molecule has 1 N–H and O–H groups in total. The Labute approximate surface area is 60.3 Å². The number of carbonyl (C=O) groups is 1. The Balaban J connectivity index is 3.82. The van der Waals surface area contributed by atoms with E-state index < -0.39 is 0 Å². The van der Waals surface area contributed by atoms with Crippen molar-refractivity contribution in [2.45, 2.75) is 20.3 Å². The second kappa shape index (κ2) is 4.57. The number of rotatable bonds is 2. The molecule has 0 aromatic carbocycles. The van der Waals surface area contributed by atoms with E-state index in [9.17, 15) is 4.79 Å². The van der Waals surface area contributed by atoms with Crippen molar-refractivity contribution in [2.24, 2.45) is 0 Å². The van der Waals surface area contributed by atoms with Gasteiger partial charge in [-0.15, -0.1) is 0 Å². The van der Waals surface area contributed by atoms with Gasteiger partial charge in [0.15, 0.2) is 0 Å². The molecule has 0 saturated heterocycles. The number of nitriles is 1. The summed E-state index contributed by atoms with van der Waals surface area (Å²) in [5, 5.41) is 10.7. The van der Waals surface area contributed by atoms with Gasteiger partial charge >= 0.3 is 0 Å². The molecule has 0 saturated carbocycles. The Kier molecular flexibility index (Phi) is 3.97. The summed E-state index contributed by atoms with van der Waals surface area (Å²) in [6, 6.07) is 1.82. The van der Waals surface area contributed by atoms with Crippen molar-refractivity contribution >= 4 is 5.91 Å². The molecule has 3 heteroatoms. The summed E-state index contributed by atoms with van der Waals surface area (Å²) in [7, 11) is 0. The van der Waals surface area contributed by atoms with E-state index >= 15 is 0 Å². The van der Waals surface area contributed by atoms with Crippen molar-refractivity contribution in [3.63, 3.8) is 0 Å². The minimum Gasteiger partial charge on any atom is -0.329 e. The van der Waals surface area contributed by atoms with Crippen molar-refractivity contribution in [2.75, 3.05) is 0 Å². The van der Waals surface area contributed by atoms with Crippen LogP contribution in [-0.4, -0.2) is 5.91 Å². The fourth-order valence-electron chi connectivity index (χ4n) is 0.441. The molecule has 0 radical (unpaired) electrons. The summed E-state index contributed by atoms with van der Waals surface area (Å²) in [6.45, 7) is 3.44. The van der Waals surface area contributed by atoms with E-state index in [1.807, 2.05) is 6.07 Å². The number of amides is 1. The topological polar surface area (TPSA) is 52.9 Å². The first kappa shape index (κ1) is 8.70. The van der Waals surface area contributed by atoms with Gasteiger partial charge in [0, 0.05) is 18.2 Å². The molecule has 0 rings (SSSR count). The van der Waals surface area contributed by atoms with Crippen LogP contribution >= 0.6 is 0 Å². The molecule has 0 heterocycles. The molecule has 0 fully saturated rings. The molecule has 10 heavy (non-hydrogen) atoms. The fourth-order valence-corrected chi connectivity index (χ4v) is 0.441. The molecule has 0 aliphatic rings. The fraction of sp³-hybridized carbons (Fsp3) is 0.429. The average Bonchev–Trinajstić information content (AvgIpc) is 1.88. The first-order valence-electron chi connectivity index (χ1n) is 3.07. The molecule has 0 spiro atoms. The lowest BCUT2D eigenvalue weighted by Crippen LogP contribution is -2.19. The van der Waals surface area contributed by atoms with Crippen LogP contribution in [0.4, 0.5) is 0 Å². The lowest BCUT2D eigenvalue weighted by molar-refractivity contribution is -0.120. The minimum atomic E-state index is -0.0657. The van der Waals surface area contributed by atoms with Gasteiger partial charge in [0.05, 0.1) is 6.07 Å². The van der Waals surface area contributed by atoms with Gasteiger partial charge in [-0.2, -0.15) is 5.26 Å². The van der Waals surface area contributed by atoms with Crippen LogP contribution in [0.25, 0.3) is 0 Å². The number of hydrogen-bond acceptors (Lipinski definition) is 2. The summed E-state index contributed by atoms with van der Waals surface area (Å²) in [4.78, 5) is 10.6. The Morgan fingerprint density at radius 1 is 1.80 bits per heavy atom. The predicted molar refractivity (Wildman–Crippen MR) is 37.8 cm³/mol. The Bertz CT molecular complexity index is 188. The summed E-state index contributed by atoms with van der Waals surface area (Å²) in [5.74, 6) is -0.0657. The molecule has 1 amide bonds. The van der Waals surface area contributed by atoms with Crippen LogP contribution in [0.2, 0.25) is 0 Å². The van der Waals surface area contributed by atoms with Gasteiger partial charge < -0.3 is 5.32 Å². The second-order valence-corrected chi connectivity index (χ2v) is 1.86. The molecule has 54 valence electrons. The summed E-state index contributed by atoms with van der Waals surface area (Å²) in [5.41, 5.74) is 0.592. The zero-order chi connectivity index (χ0) is 7.98. The minimum absolute atomic E-state index is 0.0657. The Hall–Kier alpha value is -1.30. The van der Waals surface area contributed by atoms with Gasteiger partial charge in [-0.3, -0.25) is 4.79 Å². The molecular weight excluding hydrogens is 128 g/mol. The van der Waals surface area contributed by atoms with Gasteiger partial charge in [-0.05, 0) is 6.92 Å². The molecule has 3 nitrogen and oxygen atoms in total. The van der Waals surface area contributed by atoms with Crippen molar-refractivity contribution in [3.05, 3.63) is 11.8 Å². The van der Waals surface area contributed by atoms with Gasteiger partial charge in [0.25, 0.3) is 0 Å². The SMILES string of the molecule is CCC(=O)N/C(C)=C\C#N. The lowest BCUT2D eigenvalue weighted by atomic mass is 10.4. The Morgan fingerprint density at radius 2 is 2.40 bits per heavy atom. The second-order valence-electron chi connectivity index (χ2n) is 1.86. The highest BCUT2D eigenvalue weighted by Crippen LogP contribution is 1.85. The van der Waals surface area contributed by atoms with Crippen LogP contribution in [0.1, 0.15) is 20.3 Å². The molecule has 0 bridgehead atoms. The van der Waals surface area contributed by atoms with E-state index in [-0.39, 0.29) is 5.91 Å². The Morgan fingerprint density at radius 3 is 2.80 bits per heavy atom. The monoisotopic (exact) mass is 138 g/mol. The molecule has 0 aliphatic heterocycles. The van der Waals surface area contributed by atoms with Crippen molar-refractivity contribution < 1.29 is 4.79 Å². The van der Waals surface area contributed by atoms with Crippen LogP contribution in [-0.2, 0) is 4.79 Å². The van der Waals surface area contributed by atoms with Gasteiger partial charge in [0.2, 0.25) is 5.91 Å². The van der Waals surface area contributed by atoms with Crippen molar-refractivity contribution in [1.29, 1.82) is 5.26 Å². The van der Waals surface area contributed by atoms with E-state index in [1.54, 1.807) is 13.8 Å². The average molecular weight is 138 g/mol. The van der Waals surface area contributed by atoms with Crippen molar-refractivity contribution in [3.8, 4) is 6.07 Å². The van der Waals surface area contributed by atoms with E-state index in [2.05, 4.69) is 5.32 Å².